The largest absolute Gasteiger partial charge is 1.00 e. The average Bonchev–Trinajstić information content (AvgIpc) is 2.89. The predicted octanol–water partition coefficient (Wildman–Crippen LogP) is -0.465. The van der Waals surface area contributed by atoms with E-state index in [0.29, 0.717) is 12.3 Å². The van der Waals surface area contributed by atoms with E-state index in [1.807, 2.05) is 37.6 Å². The number of aryl methyl sites for hydroxylation is 3. The van der Waals surface area contributed by atoms with Crippen molar-refractivity contribution in [1.29, 1.82) is 0 Å². The Morgan fingerprint density at radius 2 is 1.81 bits per heavy atom. The lowest BCUT2D eigenvalue weighted by Crippen LogP contribution is -3.00. The van der Waals surface area contributed by atoms with E-state index in [-0.39, 0.29) is 30.6 Å². The van der Waals surface area contributed by atoms with Gasteiger partial charge in [-0.3, -0.25) is 0 Å². The van der Waals surface area contributed by atoms with Crippen LogP contribution in [0.2, 0.25) is 0 Å². The number of nitrogens with zero attached hydrogens (tertiary/aromatic N) is 2. The highest BCUT2D eigenvalue weighted by atomic mass is 127. The highest BCUT2D eigenvalue weighted by molar-refractivity contribution is 5.74. The lowest BCUT2D eigenvalue weighted by atomic mass is 10.1. The normalized spacial score (nSPS) is 11.9. The molecule has 1 aromatic heterocycles. The summed E-state index contributed by atoms with van der Waals surface area (Å²) in [5, 5.41) is 10.4. The third-order valence-corrected chi connectivity index (χ3v) is 4.48. The number of halogens is 1. The van der Waals surface area contributed by atoms with Crippen LogP contribution in [0.15, 0.2) is 42.7 Å². The Morgan fingerprint density at radius 3 is 2.54 bits per heavy atom. The van der Waals surface area contributed by atoms with E-state index in [1.54, 1.807) is 7.11 Å². The number of benzene rings is 2. The third-order valence-electron chi connectivity index (χ3n) is 4.48. The number of imidazole rings is 1. The van der Waals surface area contributed by atoms with Crippen LogP contribution in [-0.4, -0.2) is 29.5 Å². The second kappa shape index (κ2) is 8.73. The summed E-state index contributed by atoms with van der Waals surface area (Å²) in [6, 6.07) is 11.7. The van der Waals surface area contributed by atoms with Crippen molar-refractivity contribution in [3.05, 3.63) is 53.9 Å². The molecule has 1 unspecified atom stereocenters. The Hall–Kier alpha value is -1.80. The van der Waals surface area contributed by atoms with Gasteiger partial charge in [0.1, 0.15) is 30.8 Å². The van der Waals surface area contributed by atoms with E-state index in [4.69, 9.17) is 9.47 Å². The highest BCUT2D eigenvalue weighted by Gasteiger charge is 2.18. The second-order valence-electron chi connectivity index (χ2n) is 6.45. The summed E-state index contributed by atoms with van der Waals surface area (Å²) in [6.07, 6.45) is 1.40. The van der Waals surface area contributed by atoms with Gasteiger partial charge in [-0.2, -0.15) is 0 Å². The van der Waals surface area contributed by atoms with Crippen molar-refractivity contribution in [3.63, 3.8) is 0 Å². The van der Waals surface area contributed by atoms with E-state index in [9.17, 15) is 5.11 Å². The summed E-state index contributed by atoms with van der Waals surface area (Å²) in [5.74, 6) is 1.43. The molecule has 26 heavy (non-hydrogen) atoms. The molecule has 140 valence electrons. The van der Waals surface area contributed by atoms with E-state index >= 15 is 0 Å². The summed E-state index contributed by atoms with van der Waals surface area (Å²) < 4.78 is 15.0. The Balaban J connectivity index is 0.00000243. The van der Waals surface area contributed by atoms with Gasteiger partial charge < -0.3 is 38.6 Å². The molecule has 0 amide bonds. The molecular weight excluding hydrogens is 443 g/mol. The number of hydrogen-bond acceptors (Lipinski definition) is 3. The van der Waals surface area contributed by atoms with Crippen molar-refractivity contribution in [2.24, 2.45) is 7.05 Å². The number of rotatable bonds is 6. The molecule has 0 aliphatic heterocycles. The molecule has 3 rings (SSSR count). The fourth-order valence-corrected chi connectivity index (χ4v) is 2.94. The van der Waals surface area contributed by atoms with Crippen molar-refractivity contribution in [3.8, 4) is 11.5 Å². The molecule has 0 saturated carbocycles. The molecule has 0 fully saturated rings. The topological polar surface area (TPSA) is 47.5 Å². The summed E-state index contributed by atoms with van der Waals surface area (Å²) in [7, 11) is 3.64. The zero-order valence-electron chi connectivity index (χ0n) is 15.6. The first-order valence-electron chi connectivity index (χ1n) is 8.38. The number of fused-ring (bicyclic) bond motifs is 1. The molecule has 5 nitrogen and oxygen atoms in total. The minimum Gasteiger partial charge on any atom is -1.00 e. The predicted molar refractivity (Wildman–Crippen MR) is 97.1 cm³/mol. The van der Waals surface area contributed by atoms with Gasteiger partial charge >= 0.3 is 0 Å². The van der Waals surface area contributed by atoms with Crippen LogP contribution in [0, 0.1) is 13.8 Å². The monoisotopic (exact) mass is 468 g/mol. The van der Waals surface area contributed by atoms with Crippen LogP contribution in [0.25, 0.3) is 11.0 Å². The van der Waals surface area contributed by atoms with Crippen molar-refractivity contribution >= 4 is 11.0 Å². The van der Waals surface area contributed by atoms with Gasteiger partial charge in [0, 0.05) is 6.07 Å². The molecular formula is C20H25IN2O3. The molecule has 1 atom stereocenters. The molecule has 0 aliphatic carbocycles. The molecule has 6 heteroatoms. The number of aliphatic hydroxyl groups is 1. The van der Waals surface area contributed by atoms with Crippen LogP contribution >= 0.6 is 0 Å². The first-order valence-corrected chi connectivity index (χ1v) is 8.38. The fraction of sp³-hybridized carbons (Fsp3) is 0.350. The summed E-state index contributed by atoms with van der Waals surface area (Å²) in [4.78, 5) is 0. The molecule has 0 saturated heterocycles. The van der Waals surface area contributed by atoms with Gasteiger partial charge in [0.15, 0.2) is 11.0 Å². The molecule has 1 N–H and O–H groups in total. The van der Waals surface area contributed by atoms with Crippen LogP contribution < -0.4 is 38.0 Å². The summed E-state index contributed by atoms with van der Waals surface area (Å²) >= 11 is 0. The van der Waals surface area contributed by atoms with Gasteiger partial charge in [0.2, 0.25) is 6.33 Å². The van der Waals surface area contributed by atoms with Gasteiger partial charge in [-0.1, -0.05) is 6.07 Å². The lowest BCUT2D eigenvalue weighted by Gasteiger charge is -2.12. The van der Waals surface area contributed by atoms with Crippen molar-refractivity contribution in [1.82, 2.24) is 4.57 Å². The van der Waals surface area contributed by atoms with Crippen LogP contribution in [0.5, 0.6) is 11.5 Å². The average molecular weight is 468 g/mol. The molecule has 1 heterocycles. The first kappa shape index (κ1) is 20.5. The summed E-state index contributed by atoms with van der Waals surface area (Å²) in [6.45, 7) is 4.92. The maximum atomic E-state index is 10.4. The lowest BCUT2D eigenvalue weighted by molar-refractivity contribution is -0.645. The highest BCUT2D eigenvalue weighted by Crippen LogP contribution is 2.20. The molecule has 3 aromatic rings. The smallest absolute Gasteiger partial charge is 0.244 e. The minimum atomic E-state index is -0.608. The Kier molecular flexibility index (Phi) is 6.88. The Bertz CT molecular complexity index is 892. The van der Waals surface area contributed by atoms with Crippen LogP contribution in [0.3, 0.4) is 0 Å². The van der Waals surface area contributed by atoms with Gasteiger partial charge in [-0.25, -0.2) is 9.13 Å². The zero-order chi connectivity index (χ0) is 18.0. The van der Waals surface area contributed by atoms with Gasteiger partial charge in [-0.15, -0.1) is 0 Å². The van der Waals surface area contributed by atoms with E-state index in [1.165, 1.54) is 11.1 Å². The fourth-order valence-electron chi connectivity index (χ4n) is 2.94. The quantitative estimate of drug-likeness (QED) is 0.394. The van der Waals surface area contributed by atoms with Crippen LogP contribution in [0.4, 0.5) is 0 Å². The number of aliphatic hydroxyl groups excluding tert-OH is 1. The van der Waals surface area contributed by atoms with Crippen molar-refractivity contribution in [2.45, 2.75) is 26.5 Å². The van der Waals surface area contributed by atoms with Crippen LogP contribution in [0.1, 0.15) is 11.1 Å². The number of methoxy groups -OCH3 is 1. The zero-order valence-corrected chi connectivity index (χ0v) is 17.7. The second-order valence-corrected chi connectivity index (χ2v) is 6.45. The van der Waals surface area contributed by atoms with Crippen molar-refractivity contribution in [2.75, 3.05) is 13.7 Å². The number of hydrogen-bond donors (Lipinski definition) is 1. The van der Waals surface area contributed by atoms with E-state index in [0.717, 1.165) is 16.8 Å². The van der Waals surface area contributed by atoms with Gasteiger partial charge in [-0.05, 0) is 49.2 Å². The standard InChI is InChI=1S/C20H25N2O3.HI/c1-14-8-19-20(9-15(14)2)22(13-21(19)3)11-16(23)12-25-18-7-5-6-17(10-18)24-4;/h5-10,13,16,23H,11-12H2,1-4H3;1H/q+1;/p-1. The molecule has 0 radical (unpaired) electrons. The third kappa shape index (κ3) is 4.48. The molecule has 0 bridgehead atoms. The maximum Gasteiger partial charge on any atom is 0.244 e. The molecule has 0 aliphatic rings. The number of aromatic nitrogens is 2. The van der Waals surface area contributed by atoms with E-state index in [2.05, 4.69) is 35.1 Å². The van der Waals surface area contributed by atoms with Crippen molar-refractivity contribution < 1.29 is 43.1 Å². The Labute approximate surface area is 171 Å². The molecule has 0 spiro atoms. The van der Waals surface area contributed by atoms with Gasteiger partial charge in [0.25, 0.3) is 0 Å². The van der Waals surface area contributed by atoms with Gasteiger partial charge in [0.05, 0.1) is 14.2 Å². The first-order chi connectivity index (χ1) is 12.0. The molecule has 2 aromatic carbocycles. The maximum absolute atomic E-state index is 10.4. The van der Waals surface area contributed by atoms with Crippen LogP contribution in [-0.2, 0) is 13.6 Å². The Morgan fingerprint density at radius 1 is 1.12 bits per heavy atom. The SMILES string of the molecule is COc1cccc(OCC(O)Cn2c[n+](C)c3cc(C)c(C)cc32)c1.[I-]. The summed E-state index contributed by atoms with van der Waals surface area (Å²) in [5.41, 5.74) is 4.78. The number of ether oxygens (including phenoxy) is 2. The minimum absolute atomic E-state index is 0. The van der Waals surface area contributed by atoms with E-state index < -0.39 is 6.10 Å².